The first-order chi connectivity index (χ1) is 9.54. The van der Waals surface area contributed by atoms with Crippen LogP contribution in [0.1, 0.15) is 16.7 Å². The summed E-state index contributed by atoms with van der Waals surface area (Å²) >= 11 is 0. The molecule has 0 fully saturated rings. The largest absolute Gasteiger partial charge is 0.491 e. The second-order valence-corrected chi connectivity index (χ2v) is 4.73. The van der Waals surface area contributed by atoms with E-state index in [0.29, 0.717) is 26.3 Å². The summed E-state index contributed by atoms with van der Waals surface area (Å²) in [5.74, 6) is 0.870. The number of rotatable bonds is 7. The van der Waals surface area contributed by atoms with Crippen LogP contribution in [0.4, 0.5) is 4.79 Å². The Bertz CT molecular complexity index is 447. The van der Waals surface area contributed by atoms with Crippen molar-refractivity contribution in [2.24, 2.45) is 0 Å². The quantitative estimate of drug-likeness (QED) is 0.750. The van der Waals surface area contributed by atoms with Crippen molar-refractivity contribution in [1.82, 2.24) is 10.6 Å². The molecule has 0 bridgehead atoms. The first-order valence-electron chi connectivity index (χ1n) is 6.76. The maximum Gasteiger partial charge on any atom is 0.314 e. The van der Waals surface area contributed by atoms with E-state index < -0.39 is 0 Å². The molecule has 0 radical (unpaired) electrons. The highest BCUT2D eigenvalue weighted by Gasteiger charge is 2.03. The highest BCUT2D eigenvalue weighted by Crippen LogP contribution is 2.22. The van der Waals surface area contributed by atoms with E-state index >= 15 is 0 Å². The minimum atomic E-state index is -0.206. The van der Waals surface area contributed by atoms with Crippen LogP contribution in [-0.2, 0) is 4.74 Å². The minimum Gasteiger partial charge on any atom is -0.491 e. The highest BCUT2D eigenvalue weighted by atomic mass is 16.5. The number of urea groups is 1. The van der Waals surface area contributed by atoms with E-state index in [9.17, 15) is 4.79 Å². The third-order valence-corrected chi connectivity index (χ3v) is 3.03. The molecule has 1 rings (SSSR count). The minimum absolute atomic E-state index is 0.206. The second-order valence-electron chi connectivity index (χ2n) is 4.73. The molecule has 20 heavy (non-hydrogen) atoms. The zero-order valence-electron chi connectivity index (χ0n) is 12.7. The van der Waals surface area contributed by atoms with Crippen LogP contribution < -0.4 is 15.4 Å². The van der Waals surface area contributed by atoms with Gasteiger partial charge in [-0.05, 0) is 43.5 Å². The summed E-state index contributed by atoms with van der Waals surface area (Å²) in [6.45, 7) is 8.07. The van der Waals surface area contributed by atoms with E-state index in [1.165, 1.54) is 11.1 Å². The van der Waals surface area contributed by atoms with E-state index in [2.05, 4.69) is 30.5 Å². The fourth-order valence-electron chi connectivity index (χ4n) is 1.74. The van der Waals surface area contributed by atoms with E-state index in [1.54, 1.807) is 7.11 Å². The summed E-state index contributed by atoms with van der Waals surface area (Å²) in [6, 6.07) is 3.93. The van der Waals surface area contributed by atoms with Gasteiger partial charge in [0, 0.05) is 13.7 Å². The van der Waals surface area contributed by atoms with Crippen LogP contribution >= 0.6 is 0 Å². The molecule has 2 N–H and O–H groups in total. The van der Waals surface area contributed by atoms with Gasteiger partial charge in [0.2, 0.25) is 0 Å². The molecule has 0 saturated heterocycles. The molecule has 5 heteroatoms. The molecule has 5 nitrogen and oxygen atoms in total. The predicted molar refractivity (Wildman–Crippen MR) is 79.4 cm³/mol. The zero-order valence-corrected chi connectivity index (χ0v) is 12.7. The normalized spacial score (nSPS) is 10.2. The van der Waals surface area contributed by atoms with E-state index in [-0.39, 0.29) is 6.03 Å². The Balaban J connectivity index is 2.27. The Labute approximate surface area is 120 Å². The predicted octanol–water partition coefficient (Wildman–Crippen LogP) is 1.94. The van der Waals surface area contributed by atoms with Gasteiger partial charge in [0.05, 0.1) is 13.2 Å². The van der Waals surface area contributed by atoms with Crippen LogP contribution in [0.3, 0.4) is 0 Å². The first-order valence-corrected chi connectivity index (χ1v) is 6.76. The molecular formula is C15H24N2O3. The van der Waals surface area contributed by atoms with Gasteiger partial charge < -0.3 is 20.1 Å². The lowest BCUT2D eigenvalue weighted by molar-refractivity contribution is 0.195. The molecule has 0 atom stereocenters. The van der Waals surface area contributed by atoms with Crippen LogP contribution in [0.15, 0.2) is 12.1 Å². The third kappa shape index (κ3) is 5.48. The SMILES string of the molecule is COCCNC(=O)NCCOc1cc(C)c(C)cc1C. The number of carbonyl (C=O) groups excluding carboxylic acids is 1. The first kappa shape index (κ1) is 16.3. The van der Waals surface area contributed by atoms with Gasteiger partial charge in [-0.2, -0.15) is 0 Å². The monoisotopic (exact) mass is 280 g/mol. The molecule has 0 aromatic heterocycles. The summed E-state index contributed by atoms with van der Waals surface area (Å²) in [5.41, 5.74) is 3.57. The van der Waals surface area contributed by atoms with Crippen LogP contribution in [-0.4, -0.2) is 39.4 Å². The molecule has 112 valence electrons. The number of amides is 2. The molecule has 0 spiro atoms. The Morgan fingerprint density at radius 1 is 1.00 bits per heavy atom. The van der Waals surface area contributed by atoms with Crippen molar-refractivity contribution in [3.63, 3.8) is 0 Å². The Hall–Kier alpha value is -1.75. The maximum absolute atomic E-state index is 11.4. The lowest BCUT2D eigenvalue weighted by Crippen LogP contribution is -2.39. The molecule has 0 saturated carbocycles. The fraction of sp³-hybridized carbons (Fsp3) is 0.533. The number of benzene rings is 1. The van der Waals surface area contributed by atoms with Crippen molar-refractivity contribution >= 4 is 6.03 Å². The van der Waals surface area contributed by atoms with Gasteiger partial charge in [0.15, 0.2) is 0 Å². The van der Waals surface area contributed by atoms with Gasteiger partial charge in [0.25, 0.3) is 0 Å². The smallest absolute Gasteiger partial charge is 0.314 e. The summed E-state index contributed by atoms with van der Waals surface area (Å²) < 4.78 is 10.5. The average molecular weight is 280 g/mol. The number of hydrogen-bond acceptors (Lipinski definition) is 3. The molecule has 0 aliphatic rings. The molecule has 0 aliphatic heterocycles. The second kappa shape index (κ2) is 8.43. The van der Waals surface area contributed by atoms with Crippen molar-refractivity contribution in [2.75, 3.05) is 33.4 Å². The lowest BCUT2D eigenvalue weighted by Gasteiger charge is -2.12. The summed E-state index contributed by atoms with van der Waals surface area (Å²) in [4.78, 5) is 11.4. The van der Waals surface area contributed by atoms with Gasteiger partial charge in [-0.25, -0.2) is 4.79 Å². The van der Waals surface area contributed by atoms with Crippen molar-refractivity contribution in [1.29, 1.82) is 0 Å². The van der Waals surface area contributed by atoms with E-state index in [4.69, 9.17) is 9.47 Å². The number of nitrogens with one attached hydrogen (secondary N) is 2. The van der Waals surface area contributed by atoms with Gasteiger partial charge >= 0.3 is 6.03 Å². The molecule has 0 heterocycles. The number of aryl methyl sites for hydroxylation is 3. The van der Waals surface area contributed by atoms with Crippen LogP contribution in [0.5, 0.6) is 5.75 Å². The van der Waals surface area contributed by atoms with Crippen LogP contribution in [0.25, 0.3) is 0 Å². The molecule has 0 aliphatic carbocycles. The van der Waals surface area contributed by atoms with E-state index in [0.717, 1.165) is 11.3 Å². The van der Waals surface area contributed by atoms with Gasteiger partial charge in [-0.1, -0.05) is 6.07 Å². The summed E-state index contributed by atoms with van der Waals surface area (Å²) in [5, 5.41) is 5.41. The van der Waals surface area contributed by atoms with Gasteiger partial charge in [0.1, 0.15) is 12.4 Å². The van der Waals surface area contributed by atoms with Crippen LogP contribution in [0.2, 0.25) is 0 Å². The molecule has 1 aromatic carbocycles. The average Bonchev–Trinajstić information content (AvgIpc) is 2.40. The Kier molecular flexibility index (Phi) is 6.87. The number of carbonyl (C=O) groups is 1. The topological polar surface area (TPSA) is 59.6 Å². The van der Waals surface area contributed by atoms with Crippen molar-refractivity contribution in [3.05, 3.63) is 28.8 Å². The van der Waals surface area contributed by atoms with Crippen molar-refractivity contribution in [3.8, 4) is 5.75 Å². The van der Waals surface area contributed by atoms with Crippen LogP contribution in [0, 0.1) is 20.8 Å². The molecular weight excluding hydrogens is 256 g/mol. The van der Waals surface area contributed by atoms with Crippen molar-refractivity contribution < 1.29 is 14.3 Å². The summed E-state index contributed by atoms with van der Waals surface area (Å²) in [6.07, 6.45) is 0. The lowest BCUT2D eigenvalue weighted by atomic mass is 10.1. The standard InChI is InChI=1S/C15H24N2O3/c1-11-9-13(3)14(10-12(11)2)20-8-6-17-15(18)16-5-7-19-4/h9-10H,5-8H2,1-4H3,(H2,16,17,18). The van der Waals surface area contributed by atoms with Crippen molar-refractivity contribution in [2.45, 2.75) is 20.8 Å². The molecule has 2 amide bonds. The highest BCUT2D eigenvalue weighted by molar-refractivity contribution is 5.73. The fourth-order valence-corrected chi connectivity index (χ4v) is 1.74. The number of ether oxygens (including phenoxy) is 2. The number of hydrogen-bond donors (Lipinski definition) is 2. The number of methoxy groups -OCH3 is 1. The summed E-state index contributed by atoms with van der Waals surface area (Å²) in [7, 11) is 1.60. The molecule has 1 aromatic rings. The Morgan fingerprint density at radius 3 is 2.25 bits per heavy atom. The third-order valence-electron chi connectivity index (χ3n) is 3.03. The van der Waals surface area contributed by atoms with Gasteiger partial charge in [-0.3, -0.25) is 0 Å². The van der Waals surface area contributed by atoms with E-state index in [1.807, 2.05) is 13.0 Å². The maximum atomic E-state index is 11.4. The molecule has 0 unspecified atom stereocenters. The zero-order chi connectivity index (χ0) is 15.0. The Morgan fingerprint density at radius 2 is 1.60 bits per heavy atom. The van der Waals surface area contributed by atoms with Gasteiger partial charge in [-0.15, -0.1) is 0 Å².